The SMILES string of the molecule is FC(F)Cn1nnc2c(Cl)ncnc21. The molecule has 8 heteroatoms. The Balaban J connectivity index is 2.52. The topological polar surface area (TPSA) is 56.5 Å². The van der Waals surface area contributed by atoms with Crippen LogP contribution in [0.1, 0.15) is 0 Å². The lowest BCUT2D eigenvalue weighted by Crippen LogP contribution is -2.08. The van der Waals surface area contributed by atoms with Crippen molar-refractivity contribution in [1.82, 2.24) is 25.0 Å². The molecule has 2 aromatic rings. The maximum Gasteiger partial charge on any atom is 0.258 e. The van der Waals surface area contributed by atoms with E-state index >= 15 is 0 Å². The maximum atomic E-state index is 12.1. The molecule has 5 nitrogen and oxygen atoms in total. The summed E-state index contributed by atoms with van der Waals surface area (Å²) in [7, 11) is 0. The summed E-state index contributed by atoms with van der Waals surface area (Å²) in [6.45, 7) is -0.552. The van der Waals surface area contributed by atoms with Gasteiger partial charge >= 0.3 is 0 Å². The van der Waals surface area contributed by atoms with Gasteiger partial charge in [-0.2, -0.15) is 0 Å². The van der Waals surface area contributed by atoms with Gasteiger partial charge < -0.3 is 0 Å². The van der Waals surface area contributed by atoms with Gasteiger partial charge in [-0.1, -0.05) is 16.8 Å². The highest BCUT2D eigenvalue weighted by atomic mass is 35.5. The van der Waals surface area contributed by atoms with Gasteiger partial charge in [0.05, 0.1) is 0 Å². The minimum Gasteiger partial charge on any atom is -0.222 e. The molecule has 2 rings (SSSR count). The van der Waals surface area contributed by atoms with Crippen LogP contribution >= 0.6 is 11.6 Å². The number of halogens is 3. The summed E-state index contributed by atoms with van der Waals surface area (Å²) in [6.07, 6.45) is -1.33. The van der Waals surface area contributed by atoms with Gasteiger partial charge in [0.1, 0.15) is 12.9 Å². The molecular formula is C6H4ClF2N5. The molecule has 0 saturated heterocycles. The number of hydrogen-bond acceptors (Lipinski definition) is 4. The molecular weight excluding hydrogens is 216 g/mol. The zero-order valence-electron chi connectivity index (χ0n) is 6.73. The fraction of sp³-hybridized carbons (Fsp3) is 0.333. The molecule has 2 aromatic heterocycles. The van der Waals surface area contributed by atoms with Crippen LogP contribution in [0.4, 0.5) is 8.78 Å². The van der Waals surface area contributed by atoms with E-state index in [0.717, 1.165) is 4.68 Å². The van der Waals surface area contributed by atoms with Crippen molar-refractivity contribution in [3.05, 3.63) is 11.5 Å². The molecule has 0 N–H and O–H groups in total. The van der Waals surface area contributed by atoms with Gasteiger partial charge in [0, 0.05) is 0 Å². The summed E-state index contributed by atoms with van der Waals surface area (Å²) in [4.78, 5) is 7.41. The van der Waals surface area contributed by atoms with Crippen molar-refractivity contribution in [1.29, 1.82) is 0 Å². The van der Waals surface area contributed by atoms with E-state index in [1.807, 2.05) is 0 Å². The third-order valence-corrected chi connectivity index (χ3v) is 1.84. The van der Waals surface area contributed by atoms with E-state index in [-0.39, 0.29) is 16.3 Å². The third-order valence-electron chi connectivity index (χ3n) is 1.57. The minimum atomic E-state index is -2.51. The van der Waals surface area contributed by atoms with Gasteiger partial charge in [-0.15, -0.1) is 5.10 Å². The maximum absolute atomic E-state index is 12.1. The van der Waals surface area contributed by atoms with Gasteiger partial charge in [0.2, 0.25) is 0 Å². The van der Waals surface area contributed by atoms with E-state index < -0.39 is 13.0 Å². The first-order valence-electron chi connectivity index (χ1n) is 3.66. The molecule has 0 spiro atoms. The van der Waals surface area contributed by atoms with Crippen LogP contribution in [0.5, 0.6) is 0 Å². The second kappa shape index (κ2) is 3.41. The number of fused-ring (bicyclic) bond motifs is 1. The quantitative estimate of drug-likeness (QED) is 0.711. The molecule has 14 heavy (non-hydrogen) atoms. The van der Waals surface area contributed by atoms with E-state index in [1.165, 1.54) is 6.33 Å². The van der Waals surface area contributed by atoms with Gasteiger partial charge in [0.15, 0.2) is 16.3 Å². The first-order valence-corrected chi connectivity index (χ1v) is 4.04. The Labute approximate surface area is 81.7 Å². The van der Waals surface area contributed by atoms with Crippen LogP contribution in [-0.4, -0.2) is 31.4 Å². The van der Waals surface area contributed by atoms with Crippen molar-refractivity contribution in [2.45, 2.75) is 13.0 Å². The normalized spacial score (nSPS) is 11.4. The van der Waals surface area contributed by atoms with Crippen molar-refractivity contribution < 1.29 is 8.78 Å². The highest BCUT2D eigenvalue weighted by Crippen LogP contribution is 2.15. The molecule has 0 aromatic carbocycles. The van der Waals surface area contributed by atoms with Crippen molar-refractivity contribution in [2.24, 2.45) is 0 Å². The fourth-order valence-electron chi connectivity index (χ4n) is 1.02. The second-order valence-corrected chi connectivity index (χ2v) is 2.86. The molecule has 0 saturated carbocycles. The Morgan fingerprint density at radius 3 is 2.93 bits per heavy atom. The summed E-state index contributed by atoms with van der Waals surface area (Å²) >= 11 is 5.65. The Kier molecular flexibility index (Phi) is 2.24. The summed E-state index contributed by atoms with van der Waals surface area (Å²) in [6, 6.07) is 0. The number of nitrogens with zero attached hydrogens (tertiary/aromatic N) is 5. The van der Waals surface area contributed by atoms with E-state index in [2.05, 4.69) is 20.3 Å². The third kappa shape index (κ3) is 1.50. The molecule has 0 aliphatic carbocycles. The van der Waals surface area contributed by atoms with E-state index in [0.29, 0.717) is 0 Å². The van der Waals surface area contributed by atoms with Crippen molar-refractivity contribution in [3.63, 3.8) is 0 Å². The van der Waals surface area contributed by atoms with E-state index in [1.54, 1.807) is 0 Å². The van der Waals surface area contributed by atoms with Crippen LogP contribution in [0.2, 0.25) is 5.15 Å². The number of aromatic nitrogens is 5. The Morgan fingerprint density at radius 2 is 2.21 bits per heavy atom. The first kappa shape index (κ1) is 9.20. The lowest BCUT2D eigenvalue weighted by Gasteiger charge is -1.98. The van der Waals surface area contributed by atoms with Gasteiger partial charge in [-0.25, -0.2) is 23.4 Å². The van der Waals surface area contributed by atoms with Crippen molar-refractivity contribution in [3.8, 4) is 0 Å². The summed E-state index contributed by atoms with van der Waals surface area (Å²) < 4.78 is 25.1. The van der Waals surface area contributed by atoms with Gasteiger partial charge in [-0.3, -0.25) is 0 Å². The van der Waals surface area contributed by atoms with Crippen LogP contribution < -0.4 is 0 Å². The molecule has 74 valence electrons. The van der Waals surface area contributed by atoms with Crippen molar-refractivity contribution in [2.75, 3.05) is 0 Å². The second-order valence-electron chi connectivity index (χ2n) is 2.50. The molecule has 0 aliphatic rings. The van der Waals surface area contributed by atoms with E-state index in [4.69, 9.17) is 11.6 Å². The molecule has 0 aliphatic heterocycles. The molecule has 0 atom stereocenters. The van der Waals surface area contributed by atoms with Crippen LogP contribution in [0.25, 0.3) is 11.2 Å². The number of rotatable bonds is 2. The van der Waals surface area contributed by atoms with Crippen LogP contribution in [0, 0.1) is 0 Å². The summed E-state index contributed by atoms with van der Waals surface area (Å²) in [5.74, 6) is 0. The summed E-state index contributed by atoms with van der Waals surface area (Å²) in [5.41, 5.74) is 0.445. The first-order chi connectivity index (χ1) is 6.68. The number of hydrogen-bond donors (Lipinski definition) is 0. The van der Waals surface area contributed by atoms with Crippen LogP contribution in [0.3, 0.4) is 0 Å². The number of alkyl halides is 2. The Morgan fingerprint density at radius 1 is 1.43 bits per heavy atom. The molecule has 0 fully saturated rings. The lowest BCUT2D eigenvalue weighted by molar-refractivity contribution is 0.122. The average Bonchev–Trinajstić information content (AvgIpc) is 2.49. The Hall–Kier alpha value is -1.37. The van der Waals surface area contributed by atoms with Gasteiger partial charge in [0.25, 0.3) is 6.43 Å². The predicted octanol–water partition coefficient (Wildman–Crippen LogP) is 1.14. The fourth-order valence-corrected chi connectivity index (χ4v) is 1.18. The highest BCUT2D eigenvalue weighted by molar-refractivity contribution is 6.33. The molecule has 2 heterocycles. The van der Waals surface area contributed by atoms with Gasteiger partial charge in [-0.05, 0) is 0 Å². The molecule has 0 bridgehead atoms. The van der Waals surface area contributed by atoms with Crippen LogP contribution in [-0.2, 0) is 6.54 Å². The van der Waals surface area contributed by atoms with Crippen LogP contribution in [0.15, 0.2) is 6.33 Å². The zero-order valence-corrected chi connectivity index (χ0v) is 7.49. The average molecular weight is 220 g/mol. The van der Waals surface area contributed by atoms with E-state index in [9.17, 15) is 8.78 Å². The lowest BCUT2D eigenvalue weighted by atomic mass is 10.5. The predicted molar refractivity (Wildman–Crippen MR) is 44.1 cm³/mol. The molecule has 0 unspecified atom stereocenters. The van der Waals surface area contributed by atoms with Crippen molar-refractivity contribution >= 4 is 22.8 Å². The largest absolute Gasteiger partial charge is 0.258 e. The smallest absolute Gasteiger partial charge is 0.222 e. The molecule has 0 amide bonds. The Bertz CT molecular complexity index is 456. The monoisotopic (exact) mass is 219 g/mol. The summed E-state index contributed by atoms with van der Waals surface area (Å²) in [5, 5.41) is 7.20. The highest BCUT2D eigenvalue weighted by Gasteiger charge is 2.13. The zero-order chi connectivity index (χ0) is 10.1. The standard InChI is InChI=1S/C6H4ClF2N5/c7-5-4-6(11-2-10-5)14(13-12-4)1-3(8)9/h2-3H,1H2. The molecule has 0 radical (unpaired) electrons. The minimum absolute atomic E-state index is 0.107.